The molecular weight excluding hydrogens is 208 g/mol. The number of anilines is 1. The Morgan fingerprint density at radius 3 is 3.00 bits per heavy atom. The maximum Gasteiger partial charge on any atom is 0.210 e. The van der Waals surface area contributed by atoms with Gasteiger partial charge in [0.05, 0.1) is 24.5 Å². The van der Waals surface area contributed by atoms with Gasteiger partial charge >= 0.3 is 0 Å². The second-order valence-electron chi connectivity index (χ2n) is 3.45. The van der Waals surface area contributed by atoms with E-state index in [0.29, 0.717) is 12.6 Å². The first kappa shape index (κ1) is 12.5. The molecule has 1 unspecified atom stereocenters. The lowest BCUT2D eigenvalue weighted by molar-refractivity contribution is 0.185. The van der Waals surface area contributed by atoms with Crippen LogP contribution in [0, 0.1) is 0 Å². The number of aliphatic imine (C=N–C) groups is 1. The fourth-order valence-electron chi connectivity index (χ4n) is 1.23. The van der Waals surface area contributed by atoms with Gasteiger partial charge < -0.3 is 10.1 Å². The molecule has 0 saturated carbocycles. The highest BCUT2D eigenvalue weighted by Gasteiger charge is 2.03. The van der Waals surface area contributed by atoms with Crippen LogP contribution in [0.5, 0.6) is 0 Å². The molecule has 0 fully saturated rings. The van der Waals surface area contributed by atoms with Crippen molar-refractivity contribution < 1.29 is 4.74 Å². The molecule has 16 heavy (non-hydrogen) atoms. The Kier molecular flexibility index (Phi) is 4.74. The molecule has 4 N–H and O–H groups in total. The molecule has 0 aliphatic rings. The Hall–Kier alpha value is -1.60. The third kappa shape index (κ3) is 3.87. The molecular formula is C9H18N6O. The van der Waals surface area contributed by atoms with E-state index in [1.165, 1.54) is 0 Å². The van der Waals surface area contributed by atoms with Crippen LogP contribution in [0.4, 0.5) is 5.69 Å². The monoisotopic (exact) mass is 226 g/mol. The number of aryl methyl sites for hydroxylation is 1. The van der Waals surface area contributed by atoms with Crippen molar-refractivity contribution in [3.05, 3.63) is 12.4 Å². The van der Waals surface area contributed by atoms with E-state index < -0.39 is 0 Å². The largest absolute Gasteiger partial charge is 0.382 e. The van der Waals surface area contributed by atoms with E-state index in [-0.39, 0.29) is 6.04 Å². The first-order valence-corrected chi connectivity index (χ1v) is 4.94. The number of ether oxygens (including phenoxy) is 1. The van der Waals surface area contributed by atoms with E-state index >= 15 is 0 Å². The predicted octanol–water partition coefficient (Wildman–Crippen LogP) is -0.314. The zero-order chi connectivity index (χ0) is 12.0. The molecule has 7 nitrogen and oxygen atoms in total. The van der Waals surface area contributed by atoms with Gasteiger partial charge in [-0.3, -0.25) is 10.1 Å². The lowest BCUT2D eigenvalue weighted by Crippen LogP contribution is -2.37. The number of methoxy groups -OCH3 is 1. The summed E-state index contributed by atoms with van der Waals surface area (Å²) >= 11 is 0. The minimum Gasteiger partial charge on any atom is -0.382 e. The first-order valence-electron chi connectivity index (χ1n) is 4.94. The predicted molar refractivity (Wildman–Crippen MR) is 62.9 cm³/mol. The van der Waals surface area contributed by atoms with Crippen LogP contribution in [0.2, 0.25) is 0 Å². The van der Waals surface area contributed by atoms with Crippen LogP contribution in [0.1, 0.15) is 6.92 Å². The number of hydrogen-bond donors (Lipinski definition) is 3. The molecule has 1 aromatic rings. The van der Waals surface area contributed by atoms with E-state index in [4.69, 9.17) is 10.6 Å². The normalized spacial score (nSPS) is 13.6. The molecule has 7 heteroatoms. The SMILES string of the molecule is COCC(C)N=C(NN)Nc1cnn(C)c1. The number of guanidine groups is 1. The average molecular weight is 226 g/mol. The summed E-state index contributed by atoms with van der Waals surface area (Å²) in [4.78, 5) is 4.30. The summed E-state index contributed by atoms with van der Waals surface area (Å²) in [6, 6.07) is 0.0280. The Bertz CT molecular complexity index is 348. The topological polar surface area (TPSA) is 89.5 Å². The number of aromatic nitrogens is 2. The molecule has 0 amide bonds. The molecule has 0 spiro atoms. The van der Waals surface area contributed by atoms with E-state index in [1.807, 2.05) is 20.2 Å². The highest BCUT2D eigenvalue weighted by atomic mass is 16.5. The van der Waals surface area contributed by atoms with E-state index in [0.717, 1.165) is 5.69 Å². The van der Waals surface area contributed by atoms with Crippen molar-refractivity contribution in [2.45, 2.75) is 13.0 Å². The maximum atomic E-state index is 5.36. The Labute approximate surface area is 94.6 Å². The lowest BCUT2D eigenvalue weighted by Gasteiger charge is -2.10. The van der Waals surface area contributed by atoms with Crippen molar-refractivity contribution in [1.82, 2.24) is 15.2 Å². The van der Waals surface area contributed by atoms with Crippen molar-refractivity contribution in [2.24, 2.45) is 17.9 Å². The fraction of sp³-hybridized carbons (Fsp3) is 0.556. The standard InChI is InChI=1S/C9H18N6O/c1-7(6-16-3)12-9(14-10)13-8-4-11-15(2)5-8/h4-5,7H,6,10H2,1-3H3,(H2,12,13,14). The van der Waals surface area contributed by atoms with Crippen LogP contribution in [-0.2, 0) is 11.8 Å². The summed E-state index contributed by atoms with van der Waals surface area (Å²) in [6.45, 7) is 2.48. The number of hydrogen-bond acceptors (Lipinski definition) is 4. The van der Waals surface area contributed by atoms with Gasteiger partial charge in [-0.15, -0.1) is 0 Å². The summed E-state index contributed by atoms with van der Waals surface area (Å²) in [5.41, 5.74) is 3.32. The summed E-state index contributed by atoms with van der Waals surface area (Å²) < 4.78 is 6.67. The van der Waals surface area contributed by atoms with E-state index in [1.54, 1.807) is 18.0 Å². The van der Waals surface area contributed by atoms with Crippen molar-refractivity contribution >= 4 is 11.6 Å². The molecule has 1 atom stereocenters. The van der Waals surface area contributed by atoms with E-state index in [9.17, 15) is 0 Å². The molecule has 1 rings (SSSR count). The van der Waals surface area contributed by atoms with Crippen molar-refractivity contribution in [2.75, 3.05) is 19.0 Å². The van der Waals surface area contributed by atoms with Crippen molar-refractivity contribution in [3.63, 3.8) is 0 Å². The minimum absolute atomic E-state index is 0.0280. The van der Waals surface area contributed by atoms with Crippen LogP contribution >= 0.6 is 0 Å². The molecule has 0 aliphatic heterocycles. The van der Waals surface area contributed by atoms with E-state index in [2.05, 4.69) is 20.8 Å². The van der Waals surface area contributed by atoms with Gasteiger partial charge in [0.25, 0.3) is 0 Å². The smallest absolute Gasteiger partial charge is 0.210 e. The van der Waals surface area contributed by atoms with Gasteiger partial charge in [-0.2, -0.15) is 5.10 Å². The third-order valence-electron chi connectivity index (χ3n) is 1.86. The highest BCUT2D eigenvalue weighted by Crippen LogP contribution is 2.03. The van der Waals surface area contributed by atoms with Gasteiger partial charge in [0.1, 0.15) is 0 Å². The zero-order valence-corrected chi connectivity index (χ0v) is 9.77. The van der Waals surface area contributed by atoms with Crippen molar-refractivity contribution in [1.29, 1.82) is 0 Å². The number of rotatable bonds is 4. The van der Waals surface area contributed by atoms with Gasteiger partial charge in [0, 0.05) is 20.4 Å². The second kappa shape index (κ2) is 6.09. The number of nitrogens with one attached hydrogen (secondary N) is 2. The molecule has 0 saturated heterocycles. The van der Waals surface area contributed by atoms with Crippen LogP contribution in [0.25, 0.3) is 0 Å². The Morgan fingerprint density at radius 2 is 2.50 bits per heavy atom. The third-order valence-corrected chi connectivity index (χ3v) is 1.86. The van der Waals surface area contributed by atoms with Crippen LogP contribution < -0.4 is 16.6 Å². The van der Waals surface area contributed by atoms with Gasteiger partial charge in [0.2, 0.25) is 5.96 Å². The zero-order valence-electron chi connectivity index (χ0n) is 9.77. The highest BCUT2D eigenvalue weighted by molar-refractivity contribution is 5.93. The summed E-state index contributed by atoms with van der Waals surface area (Å²) in [7, 11) is 3.47. The molecule has 0 aromatic carbocycles. The van der Waals surface area contributed by atoms with Gasteiger partial charge in [-0.1, -0.05) is 0 Å². The summed E-state index contributed by atoms with van der Waals surface area (Å²) in [5.74, 6) is 5.84. The molecule has 1 heterocycles. The quantitative estimate of drug-likeness (QED) is 0.283. The number of hydrazine groups is 1. The maximum absolute atomic E-state index is 5.36. The van der Waals surface area contributed by atoms with Gasteiger partial charge in [-0.25, -0.2) is 10.8 Å². The van der Waals surface area contributed by atoms with Crippen LogP contribution in [-0.4, -0.2) is 35.5 Å². The molecule has 90 valence electrons. The molecule has 0 radical (unpaired) electrons. The summed E-state index contributed by atoms with van der Waals surface area (Å²) in [5, 5.41) is 7.04. The molecule has 1 aromatic heterocycles. The Balaban J connectivity index is 2.61. The minimum atomic E-state index is 0.0280. The van der Waals surface area contributed by atoms with Crippen LogP contribution in [0.15, 0.2) is 17.4 Å². The van der Waals surface area contributed by atoms with Crippen LogP contribution in [0.3, 0.4) is 0 Å². The number of nitrogens with zero attached hydrogens (tertiary/aromatic N) is 3. The second-order valence-corrected chi connectivity index (χ2v) is 3.45. The fourth-order valence-corrected chi connectivity index (χ4v) is 1.23. The molecule has 0 bridgehead atoms. The van der Waals surface area contributed by atoms with Gasteiger partial charge in [0.15, 0.2) is 0 Å². The average Bonchev–Trinajstić information content (AvgIpc) is 2.63. The Morgan fingerprint density at radius 1 is 1.75 bits per heavy atom. The first-order chi connectivity index (χ1) is 7.65. The number of nitrogens with two attached hydrogens (primary N) is 1. The van der Waals surface area contributed by atoms with Crippen molar-refractivity contribution in [3.8, 4) is 0 Å². The lowest BCUT2D eigenvalue weighted by atomic mass is 10.4. The summed E-state index contributed by atoms with van der Waals surface area (Å²) in [6.07, 6.45) is 3.52. The molecule has 0 aliphatic carbocycles. The van der Waals surface area contributed by atoms with Gasteiger partial charge in [-0.05, 0) is 6.92 Å².